The highest BCUT2D eigenvalue weighted by Gasteiger charge is 2.31. The van der Waals surface area contributed by atoms with Gasteiger partial charge in [-0.15, -0.1) is 12.4 Å². The monoisotopic (exact) mass is 299 g/mol. The van der Waals surface area contributed by atoms with Gasteiger partial charge < -0.3 is 10.6 Å². The first-order valence-corrected chi connectivity index (χ1v) is 5.27. The predicted molar refractivity (Wildman–Crippen MR) is 67.6 cm³/mol. The van der Waals surface area contributed by atoms with Crippen molar-refractivity contribution in [3.63, 3.8) is 0 Å². The van der Waals surface area contributed by atoms with Gasteiger partial charge in [0.15, 0.2) is 5.96 Å². The molecule has 2 N–H and O–H groups in total. The summed E-state index contributed by atoms with van der Waals surface area (Å²) in [6.45, 7) is 1.26. The third kappa shape index (κ3) is 3.43. The van der Waals surface area contributed by atoms with E-state index in [0.29, 0.717) is 19.0 Å². The van der Waals surface area contributed by atoms with Crippen molar-refractivity contribution < 1.29 is 13.2 Å². The molecule has 1 heterocycles. The van der Waals surface area contributed by atoms with Crippen LogP contribution in [0.3, 0.4) is 0 Å². The fraction of sp³-hybridized carbons (Fsp3) is 0.300. The molecule has 0 spiro atoms. The molecule has 0 aliphatic carbocycles. The predicted octanol–water partition coefficient (Wildman–Crippen LogP) is 3.15. The molecular formula is C10H10Cl2F3N3. The quantitative estimate of drug-likeness (QED) is 0.836. The number of anilines is 1. The molecule has 1 aromatic carbocycles. The fourth-order valence-corrected chi connectivity index (χ4v) is 1.57. The summed E-state index contributed by atoms with van der Waals surface area (Å²) < 4.78 is 37.5. The second-order valence-corrected chi connectivity index (χ2v) is 3.88. The second kappa shape index (κ2) is 5.67. The second-order valence-electron chi connectivity index (χ2n) is 3.47. The fourth-order valence-electron chi connectivity index (χ4n) is 1.41. The SMILES string of the molecule is Cl.FC(F)(F)c1ccc(Cl)c(NC2=NCCN2)c1. The number of rotatable bonds is 1. The van der Waals surface area contributed by atoms with E-state index < -0.39 is 11.7 Å². The van der Waals surface area contributed by atoms with Crippen LogP contribution in [-0.4, -0.2) is 19.0 Å². The molecule has 3 nitrogen and oxygen atoms in total. The number of alkyl halides is 3. The van der Waals surface area contributed by atoms with Crippen molar-refractivity contribution >= 4 is 35.7 Å². The van der Waals surface area contributed by atoms with Crippen LogP contribution in [0.1, 0.15) is 5.56 Å². The average Bonchev–Trinajstić information content (AvgIpc) is 2.72. The van der Waals surface area contributed by atoms with E-state index in [4.69, 9.17) is 11.6 Å². The Morgan fingerprint density at radius 2 is 2.06 bits per heavy atom. The van der Waals surface area contributed by atoms with Gasteiger partial charge in [-0.3, -0.25) is 4.99 Å². The molecule has 1 aliphatic rings. The van der Waals surface area contributed by atoms with Crippen molar-refractivity contribution in [2.45, 2.75) is 6.18 Å². The van der Waals surface area contributed by atoms with Crippen molar-refractivity contribution in [2.75, 3.05) is 18.4 Å². The molecule has 0 fully saturated rings. The molecular weight excluding hydrogens is 290 g/mol. The van der Waals surface area contributed by atoms with Crippen molar-refractivity contribution in [3.05, 3.63) is 28.8 Å². The van der Waals surface area contributed by atoms with Crippen molar-refractivity contribution in [1.29, 1.82) is 0 Å². The number of benzene rings is 1. The van der Waals surface area contributed by atoms with Gasteiger partial charge in [-0.25, -0.2) is 0 Å². The zero-order chi connectivity index (χ0) is 12.5. The van der Waals surface area contributed by atoms with E-state index in [0.717, 1.165) is 12.1 Å². The Balaban J connectivity index is 0.00000162. The third-order valence-electron chi connectivity index (χ3n) is 2.22. The van der Waals surface area contributed by atoms with Crippen LogP contribution >= 0.6 is 24.0 Å². The molecule has 0 atom stereocenters. The Morgan fingerprint density at radius 3 is 2.61 bits per heavy atom. The van der Waals surface area contributed by atoms with Gasteiger partial charge >= 0.3 is 6.18 Å². The number of hydrogen-bond acceptors (Lipinski definition) is 3. The van der Waals surface area contributed by atoms with Gasteiger partial charge in [0.25, 0.3) is 0 Å². The zero-order valence-corrected chi connectivity index (χ0v) is 10.6. The summed E-state index contributed by atoms with van der Waals surface area (Å²) in [7, 11) is 0. The van der Waals surface area contributed by atoms with Gasteiger partial charge in [0.05, 0.1) is 22.8 Å². The lowest BCUT2D eigenvalue weighted by molar-refractivity contribution is -0.137. The molecule has 2 rings (SSSR count). The summed E-state index contributed by atoms with van der Waals surface area (Å²) >= 11 is 5.81. The van der Waals surface area contributed by atoms with Gasteiger partial charge in [-0.1, -0.05) is 11.6 Å². The van der Waals surface area contributed by atoms with Gasteiger partial charge in [0.2, 0.25) is 0 Å². The highest BCUT2D eigenvalue weighted by molar-refractivity contribution is 6.33. The maximum absolute atomic E-state index is 12.5. The van der Waals surface area contributed by atoms with Crippen LogP contribution in [0.15, 0.2) is 23.2 Å². The number of nitrogens with zero attached hydrogens (tertiary/aromatic N) is 1. The first-order valence-electron chi connectivity index (χ1n) is 4.89. The Labute approximate surface area is 113 Å². The lowest BCUT2D eigenvalue weighted by Gasteiger charge is -2.12. The summed E-state index contributed by atoms with van der Waals surface area (Å²) in [5.41, 5.74) is -0.558. The zero-order valence-electron chi connectivity index (χ0n) is 9.01. The van der Waals surface area contributed by atoms with Crippen LogP contribution in [0.5, 0.6) is 0 Å². The Bertz CT molecular complexity index is 460. The molecule has 0 amide bonds. The van der Waals surface area contributed by atoms with E-state index in [2.05, 4.69) is 15.6 Å². The minimum atomic E-state index is -4.38. The maximum atomic E-state index is 12.5. The van der Waals surface area contributed by atoms with Crippen LogP contribution in [-0.2, 0) is 6.18 Å². The average molecular weight is 300 g/mol. The smallest absolute Gasteiger partial charge is 0.354 e. The minimum Gasteiger partial charge on any atom is -0.354 e. The molecule has 100 valence electrons. The highest BCUT2D eigenvalue weighted by atomic mass is 35.5. The Hall–Kier alpha value is -1.14. The number of guanidine groups is 1. The van der Waals surface area contributed by atoms with Gasteiger partial charge in [-0.05, 0) is 18.2 Å². The standard InChI is InChI=1S/C10H9ClF3N3.ClH/c11-7-2-1-6(10(12,13)14)5-8(7)17-9-15-3-4-16-9;/h1-2,5H,3-4H2,(H2,15,16,17);1H. The molecule has 0 saturated heterocycles. The van der Waals surface area contributed by atoms with E-state index in [-0.39, 0.29) is 23.1 Å². The summed E-state index contributed by atoms with van der Waals surface area (Å²) in [5, 5.41) is 5.84. The lowest BCUT2D eigenvalue weighted by Crippen LogP contribution is -2.26. The molecule has 0 aromatic heterocycles. The minimum absolute atomic E-state index is 0. The summed E-state index contributed by atoms with van der Waals surface area (Å²) in [4.78, 5) is 4.02. The highest BCUT2D eigenvalue weighted by Crippen LogP contribution is 2.33. The topological polar surface area (TPSA) is 36.4 Å². The molecule has 0 unspecified atom stereocenters. The normalized spacial score (nSPS) is 14.6. The van der Waals surface area contributed by atoms with E-state index in [1.165, 1.54) is 6.07 Å². The summed E-state index contributed by atoms with van der Waals surface area (Å²) in [6, 6.07) is 3.12. The van der Waals surface area contributed by atoms with Gasteiger partial charge in [0.1, 0.15) is 0 Å². The van der Waals surface area contributed by atoms with Crippen LogP contribution in [0, 0.1) is 0 Å². The first kappa shape index (κ1) is 14.9. The van der Waals surface area contributed by atoms with E-state index in [1.54, 1.807) is 0 Å². The molecule has 18 heavy (non-hydrogen) atoms. The van der Waals surface area contributed by atoms with Crippen molar-refractivity contribution in [2.24, 2.45) is 4.99 Å². The number of halogens is 5. The number of aliphatic imine (C=N–C) groups is 1. The summed E-state index contributed by atoms with van der Waals surface area (Å²) in [5.74, 6) is 0.436. The van der Waals surface area contributed by atoms with Crippen LogP contribution in [0.2, 0.25) is 5.02 Å². The molecule has 8 heteroatoms. The van der Waals surface area contributed by atoms with Crippen LogP contribution in [0.4, 0.5) is 18.9 Å². The number of nitrogens with one attached hydrogen (secondary N) is 2. The lowest BCUT2D eigenvalue weighted by atomic mass is 10.2. The van der Waals surface area contributed by atoms with Crippen LogP contribution < -0.4 is 10.6 Å². The van der Waals surface area contributed by atoms with E-state index in [9.17, 15) is 13.2 Å². The van der Waals surface area contributed by atoms with E-state index in [1.807, 2.05) is 0 Å². The molecule has 1 aliphatic heterocycles. The Morgan fingerprint density at radius 1 is 1.33 bits per heavy atom. The third-order valence-corrected chi connectivity index (χ3v) is 2.55. The molecule has 0 bridgehead atoms. The van der Waals surface area contributed by atoms with E-state index >= 15 is 0 Å². The van der Waals surface area contributed by atoms with Gasteiger partial charge in [-0.2, -0.15) is 13.2 Å². The molecule has 1 aromatic rings. The van der Waals surface area contributed by atoms with Crippen LogP contribution in [0.25, 0.3) is 0 Å². The first-order chi connectivity index (χ1) is 7.97. The summed E-state index contributed by atoms with van der Waals surface area (Å²) in [6.07, 6.45) is -4.38. The van der Waals surface area contributed by atoms with Crippen molar-refractivity contribution in [1.82, 2.24) is 5.32 Å². The number of hydrogen-bond donors (Lipinski definition) is 2. The van der Waals surface area contributed by atoms with Crippen molar-refractivity contribution in [3.8, 4) is 0 Å². The Kier molecular flexibility index (Phi) is 4.70. The molecule has 0 radical (unpaired) electrons. The molecule has 0 saturated carbocycles. The maximum Gasteiger partial charge on any atom is 0.416 e. The van der Waals surface area contributed by atoms with Gasteiger partial charge in [0, 0.05) is 6.54 Å². The largest absolute Gasteiger partial charge is 0.416 e.